The Labute approximate surface area is 121 Å². The van der Waals surface area contributed by atoms with Gasteiger partial charge in [0, 0.05) is 12.5 Å². The van der Waals surface area contributed by atoms with Crippen molar-refractivity contribution < 1.29 is 4.79 Å². The zero-order valence-corrected chi connectivity index (χ0v) is 12.2. The maximum absolute atomic E-state index is 11.3. The van der Waals surface area contributed by atoms with E-state index in [1.54, 1.807) is 0 Å². The number of amides is 1. The summed E-state index contributed by atoms with van der Waals surface area (Å²) in [4.78, 5) is 13.7. The number of carbonyl (C=O) groups is 1. The molecule has 1 amide bonds. The predicted molar refractivity (Wildman–Crippen MR) is 80.9 cm³/mol. The molecule has 0 spiro atoms. The summed E-state index contributed by atoms with van der Waals surface area (Å²) in [6.07, 6.45) is 4.08. The van der Waals surface area contributed by atoms with Crippen LogP contribution in [-0.4, -0.2) is 29.9 Å². The van der Waals surface area contributed by atoms with Crippen molar-refractivity contribution in [2.24, 2.45) is 11.8 Å². The third kappa shape index (κ3) is 4.32. The number of nitrogens with two attached hydrogens (primary N) is 1. The first-order chi connectivity index (χ1) is 9.69. The van der Waals surface area contributed by atoms with Crippen LogP contribution in [0.5, 0.6) is 0 Å². The highest BCUT2D eigenvalue weighted by atomic mass is 16.2. The molecule has 1 fully saturated rings. The first kappa shape index (κ1) is 15.0. The van der Waals surface area contributed by atoms with E-state index in [1.165, 1.54) is 24.8 Å². The number of rotatable bonds is 5. The van der Waals surface area contributed by atoms with Crippen LogP contribution >= 0.6 is 0 Å². The number of benzene rings is 1. The first-order valence-corrected chi connectivity index (χ1v) is 7.46. The lowest BCUT2D eigenvalue weighted by atomic mass is 9.89. The van der Waals surface area contributed by atoms with Crippen LogP contribution in [0, 0.1) is 5.92 Å². The standard InChI is InChI=1S/C16H25N3O/c1-13(11-16(20)18-17)19-9-7-15(8-10-19)12-14-5-3-2-4-6-14/h2-6,13,15H,7-12,17H2,1H3,(H,18,20). The van der Waals surface area contributed by atoms with Gasteiger partial charge >= 0.3 is 0 Å². The molecule has 1 aromatic rings. The van der Waals surface area contributed by atoms with Gasteiger partial charge in [0.15, 0.2) is 0 Å². The van der Waals surface area contributed by atoms with Gasteiger partial charge in [0.1, 0.15) is 0 Å². The van der Waals surface area contributed by atoms with Crippen LogP contribution in [0.3, 0.4) is 0 Å². The molecular formula is C16H25N3O. The summed E-state index contributed by atoms with van der Waals surface area (Å²) in [5, 5.41) is 0. The van der Waals surface area contributed by atoms with Gasteiger partial charge in [-0.05, 0) is 50.8 Å². The van der Waals surface area contributed by atoms with E-state index < -0.39 is 0 Å². The molecule has 1 aromatic carbocycles. The number of hydrogen-bond donors (Lipinski definition) is 2. The van der Waals surface area contributed by atoms with E-state index in [9.17, 15) is 4.79 Å². The van der Waals surface area contributed by atoms with E-state index in [0.717, 1.165) is 19.0 Å². The Hall–Kier alpha value is -1.39. The number of hydrazine groups is 1. The zero-order valence-electron chi connectivity index (χ0n) is 12.2. The predicted octanol–water partition coefficient (Wildman–Crippen LogP) is 1.71. The minimum atomic E-state index is -0.0797. The summed E-state index contributed by atoms with van der Waals surface area (Å²) < 4.78 is 0. The fourth-order valence-corrected chi connectivity index (χ4v) is 3.00. The number of nitrogens with one attached hydrogen (secondary N) is 1. The molecule has 4 heteroatoms. The fourth-order valence-electron chi connectivity index (χ4n) is 3.00. The van der Waals surface area contributed by atoms with Crippen LogP contribution in [0.15, 0.2) is 30.3 Å². The van der Waals surface area contributed by atoms with Gasteiger partial charge in [-0.25, -0.2) is 5.84 Å². The Kier molecular flexibility index (Phi) is 5.56. The van der Waals surface area contributed by atoms with E-state index in [0.29, 0.717) is 6.42 Å². The molecular weight excluding hydrogens is 250 g/mol. The van der Waals surface area contributed by atoms with E-state index in [4.69, 9.17) is 5.84 Å². The highest BCUT2D eigenvalue weighted by Gasteiger charge is 2.23. The van der Waals surface area contributed by atoms with Crippen molar-refractivity contribution in [2.75, 3.05) is 13.1 Å². The molecule has 110 valence electrons. The highest BCUT2D eigenvalue weighted by Crippen LogP contribution is 2.23. The van der Waals surface area contributed by atoms with E-state index in [1.807, 2.05) is 0 Å². The lowest BCUT2D eigenvalue weighted by molar-refractivity contribution is -0.122. The summed E-state index contributed by atoms with van der Waals surface area (Å²) in [7, 11) is 0. The van der Waals surface area contributed by atoms with Gasteiger partial charge in [0.2, 0.25) is 5.91 Å². The quantitative estimate of drug-likeness (QED) is 0.488. The number of nitrogens with zero attached hydrogens (tertiary/aromatic N) is 1. The number of piperidine rings is 1. The molecule has 1 unspecified atom stereocenters. The molecule has 1 atom stereocenters. The Bertz CT molecular complexity index is 413. The lowest BCUT2D eigenvalue weighted by Gasteiger charge is -2.35. The molecule has 3 N–H and O–H groups in total. The van der Waals surface area contributed by atoms with E-state index >= 15 is 0 Å². The summed E-state index contributed by atoms with van der Waals surface area (Å²) in [6, 6.07) is 11.0. The number of likely N-dealkylation sites (tertiary alicyclic amines) is 1. The van der Waals surface area contributed by atoms with Crippen molar-refractivity contribution in [3.05, 3.63) is 35.9 Å². The number of hydrogen-bond acceptors (Lipinski definition) is 3. The molecule has 4 nitrogen and oxygen atoms in total. The molecule has 1 aliphatic rings. The second kappa shape index (κ2) is 7.41. The molecule has 1 heterocycles. The molecule has 0 bridgehead atoms. The molecule has 0 aromatic heterocycles. The van der Waals surface area contributed by atoms with Gasteiger partial charge in [-0.15, -0.1) is 0 Å². The molecule has 0 aliphatic carbocycles. The van der Waals surface area contributed by atoms with E-state index in [2.05, 4.69) is 47.6 Å². The van der Waals surface area contributed by atoms with Crippen LogP contribution < -0.4 is 11.3 Å². The van der Waals surface area contributed by atoms with Gasteiger partial charge in [-0.3, -0.25) is 10.2 Å². The van der Waals surface area contributed by atoms with Crippen molar-refractivity contribution in [3.63, 3.8) is 0 Å². The smallest absolute Gasteiger partial charge is 0.235 e. The Balaban J connectivity index is 1.76. The molecule has 2 rings (SSSR count). The zero-order chi connectivity index (χ0) is 14.4. The van der Waals surface area contributed by atoms with Gasteiger partial charge in [-0.1, -0.05) is 30.3 Å². The van der Waals surface area contributed by atoms with E-state index in [-0.39, 0.29) is 11.9 Å². The van der Waals surface area contributed by atoms with Crippen molar-refractivity contribution >= 4 is 5.91 Å². The summed E-state index contributed by atoms with van der Waals surface area (Å²) in [5.41, 5.74) is 3.64. The molecule has 1 saturated heterocycles. The molecule has 20 heavy (non-hydrogen) atoms. The van der Waals surface area contributed by atoms with Crippen molar-refractivity contribution in [2.45, 2.75) is 38.6 Å². The van der Waals surface area contributed by atoms with Crippen molar-refractivity contribution in [3.8, 4) is 0 Å². The van der Waals surface area contributed by atoms with Gasteiger partial charge in [0.05, 0.1) is 0 Å². The summed E-state index contributed by atoms with van der Waals surface area (Å²) >= 11 is 0. The van der Waals surface area contributed by atoms with Gasteiger partial charge < -0.3 is 4.90 Å². The summed E-state index contributed by atoms with van der Waals surface area (Å²) in [5.74, 6) is 5.83. The SMILES string of the molecule is CC(CC(=O)NN)N1CCC(Cc2ccccc2)CC1. The maximum atomic E-state index is 11.3. The fraction of sp³-hybridized carbons (Fsp3) is 0.562. The average molecular weight is 275 g/mol. The van der Waals surface area contributed by atoms with Crippen LogP contribution in [0.1, 0.15) is 31.7 Å². The van der Waals surface area contributed by atoms with Crippen molar-refractivity contribution in [1.82, 2.24) is 10.3 Å². The normalized spacial score (nSPS) is 18.7. The minimum absolute atomic E-state index is 0.0797. The van der Waals surface area contributed by atoms with Crippen LogP contribution in [0.25, 0.3) is 0 Å². The number of carbonyl (C=O) groups excluding carboxylic acids is 1. The Morgan fingerprint density at radius 2 is 2.00 bits per heavy atom. The topological polar surface area (TPSA) is 58.4 Å². The lowest BCUT2D eigenvalue weighted by Crippen LogP contribution is -2.43. The summed E-state index contributed by atoms with van der Waals surface area (Å²) in [6.45, 7) is 4.26. The van der Waals surface area contributed by atoms with Crippen molar-refractivity contribution in [1.29, 1.82) is 0 Å². The molecule has 0 saturated carbocycles. The monoisotopic (exact) mass is 275 g/mol. The second-order valence-electron chi connectivity index (χ2n) is 5.79. The van der Waals surface area contributed by atoms with Crippen LogP contribution in [0.2, 0.25) is 0 Å². The van der Waals surface area contributed by atoms with Gasteiger partial charge in [-0.2, -0.15) is 0 Å². The molecule has 0 radical (unpaired) electrons. The first-order valence-electron chi connectivity index (χ1n) is 7.46. The maximum Gasteiger partial charge on any atom is 0.235 e. The van der Waals surface area contributed by atoms with Crippen LogP contribution in [-0.2, 0) is 11.2 Å². The third-order valence-electron chi connectivity index (χ3n) is 4.28. The largest absolute Gasteiger partial charge is 0.300 e. The second-order valence-corrected chi connectivity index (χ2v) is 5.79. The Morgan fingerprint density at radius 3 is 2.60 bits per heavy atom. The van der Waals surface area contributed by atoms with Gasteiger partial charge in [0.25, 0.3) is 0 Å². The third-order valence-corrected chi connectivity index (χ3v) is 4.28. The minimum Gasteiger partial charge on any atom is -0.300 e. The Morgan fingerprint density at radius 1 is 1.35 bits per heavy atom. The van der Waals surface area contributed by atoms with Crippen LogP contribution in [0.4, 0.5) is 0 Å². The molecule has 1 aliphatic heterocycles. The highest BCUT2D eigenvalue weighted by molar-refractivity contribution is 5.75. The average Bonchev–Trinajstić information content (AvgIpc) is 2.49.